The smallest absolute Gasteiger partial charge is 0.0440 e. The minimum Gasteiger partial charge on any atom is -0.305 e. The van der Waals surface area contributed by atoms with E-state index in [2.05, 4.69) is 54.7 Å². The summed E-state index contributed by atoms with van der Waals surface area (Å²) in [6.07, 6.45) is 3.80. The molecule has 0 saturated carbocycles. The lowest BCUT2D eigenvalue weighted by Gasteiger charge is -2.21. The molecule has 1 N–H and O–H groups in total. The van der Waals surface area contributed by atoms with Crippen molar-refractivity contribution in [2.75, 3.05) is 0 Å². The van der Waals surface area contributed by atoms with Crippen molar-refractivity contribution in [3.8, 4) is 0 Å². The molecule has 0 amide bonds. The average molecular weight is 260 g/mol. The normalized spacial score (nSPS) is 12.9. The zero-order valence-corrected chi connectivity index (χ0v) is 12.0. The SMILES string of the molecule is Cc1ccncc1CNC(c1cccs1)C(C)C. The Morgan fingerprint density at radius 1 is 1.33 bits per heavy atom. The van der Waals surface area contributed by atoms with E-state index in [1.807, 2.05) is 23.7 Å². The highest BCUT2D eigenvalue weighted by Gasteiger charge is 2.16. The highest BCUT2D eigenvalue weighted by atomic mass is 32.1. The number of aromatic nitrogens is 1. The second-order valence-corrected chi connectivity index (χ2v) is 5.90. The molecule has 1 unspecified atom stereocenters. The number of rotatable bonds is 5. The van der Waals surface area contributed by atoms with Crippen LogP contribution < -0.4 is 5.32 Å². The van der Waals surface area contributed by atoms with Gasteiger partial charge in [0.1, 0.15) is 0 Å². The van der Waals surface area contributed by atoms with E-state index in [-0.39, 0.29) is 0 Å². The molecule has 2 aromatic heterocycles. The number of hydrogen-bond donors (Lipinski definition) is 1. The second-order valence-electron chi connectivity index (χ2n) is 4.92. The van der Waals surface area contributed by atoms with Crippen LogP contribution in [0.3, 0.4) is 0 Å². The quantitative estimate of drug-likeness (QED) is 0.881. The summed E-state index contributed by atoms with van der Waals surface area (Å²) in [5.74, 6) is 0.584. The van der Waals surface area contributed by atoms with Gasteiger partial charge < -0.3 is 5.32 Å². The first-order valence-electron chi connectivity index (χ1n) is 6.34. The minimum atomic E-state index is 0.421. The molecule has 0 saturated heterocycles. The van der Waals surface area contributed by atoms with Crippen LogP contribution in [0.5, 0.6) is 0 Å². The predicted molar refractivity (Wildman–Crippen MR) is 77.7 cm³/mol. The number of nitrogens with zero attached hydrogens (tertiary/aromatic N) is 1. The molecule has 0 radical (unpaired) electrons. The Labute approximate surface area is 113 Å². The molecule has 0 aromatic carbocycles. The molecular formula is C15H20N2S. The average Bonchev–Trinajstić information content (AvgIpc) is 2.85. The van der Waals surface area contributed by atoms with Gasteiger partial charge in [0, 0.05) is 29.9 Å². The monoisotopic (exact) mass is 260 g/mol. The van der Waals surface area contributed by atoms with Crippen LogP contribution in [0.1, 0.15) is 35.9 Å². The van der Waals surface area contributed by atoms with Crippen molar-refractivity contribution in [2.24, 2.45) is 5.92 Å². The van der Waals surface area contributed by atoms with Crippen molar-refractivity contribution >= 4 is 11.3 Å². The minimum absolute atomic E-state index is 0.421. The van der Waals surface area contributed by atoms with E-state index in [0.29, 0.717) is 12.0 Å². The summed E-state index contributed by atoms with van der Waals surface area (Å²) in [6.45, 7) is 7.52. The van der Waals surface area contributed by atoms with Crippen molar-refractivity contribution in [1.29, 1.82) is 0 Å². The summed E-state index contributed by atoms with van der Waals surface area (Å²) in [6, 6.07) is 6.81. The molecule has 2 nitrogen and oxygen atoms in total. The number of pyridine rings is 1. The van der Waals surface area contributed by atoms with Gasteiger partial charge in [-0.15, -0.1) is 11.3 Å². The van der Waals surface area contributed by atoms with Crippen LogP contribution in [0.4, 0.5) is 0 Å². The number of nitrogens with one attached hydrogen (secondary N) is 1. The van der Waals surface area contributed by atoms with Crippen LogP contribution in [-0.2, 0) is 6.54 Å². The largest absolute Gasteiger partial charge is 0.305 e. The molecular weight excluding hydrogens is 240 g/mol. The molecule has 2 heterocycles. The summed E-state index contributed by atoms with van der Waals surface area (Å²) >= 11 is 1.82. The van der Waals surface area contributed by atoms with E-state index in [0.717, 1.165) is 6.54 Å². The third-order valence-electron chi connectivity index (χ3n) is 3.18. The summed E-state index contributed by atoms with van der Waals surface area (Å²) < 4.78 is 0. The van der Waals surface area contributed by atoms with Gasteiger partial charge in [0.05, 0.1) is 0 Å². The van der Waals surface area contributed by atoms with E-state index in [9.17, 15) is 0 Å². The van der Waals surface area contributed by atoms with Crippen LogP contribution in [0.15, 0.2) is 36.0 Å². The fourth-order valence-corrected chi connectivity index (χ4v) is 3.01. The topological polar surface area (TPSA) is 24.9 Å². The number of thiophene rings is 1. The number of aryl methyl sites for hydroxylation is 1. The standard InChI is InChI=1S/C15H20N2S/c1-11(2)15(14-5-4-8-18-14)17-10-13-9-16-7-6-12(13)3/h4-9,11,15,17H,10H2,1-3H3. The molecule has 0 spiro atoms. The van der Waals surface area contributed by atoms with Crippen LogP contribution in [0, 0.1) is 12.8 Å². The van der Waals surface area contributed by atoms with Gasteiger partial charge in [-0.05, 0) is 41.5 Å². The lowest BCUT2D eigenvalue weighted by atomic mass is 10.0. The van der Waals surface area contributed by atoms with Crippen molar-refractivity contribution in [3.63, 3.8) is 0 Å². The first-order valence-corrected chi connectivity index (χ1v) is 7.22. The predicted octanol–water partition coefficient (Wildman–Crippen LogP) is 3.94. The molecule has 0 aliphatic carbocycles. The molecule has 0 bridgehead atoms. The summed E-state index contributed by atoms with van der Waals surface area (Å²) in [5, 5.41) is 5.79. The number of hydrogen-bond acceptors (Lipinski definition) is 3. The molecule has 0 aliphatic heterocycles. The highest BCUT2D eigenvalue weighted by Crippen LogP contribution is 2.26. The van der Waals surface area contributed by atoms with Crippen LogP contribution in [0.2, 0.25) is 0 Å². The van der Waals surface area contributed by atoms with Gasteiger partial charge in [0.25, 0.3) is 0 Å². The molecule has 18 heavy (non-hydrogen) atoms. The Hall–Kier alpha value is -1.19. The van der Waals surface area contributed by atoms with Crippen molar-refractivity contribution in [3.05, 3.63) is 52.0 Å². The van der Waals surface area contributed by atoms with Crippen molar-refractivity contribution < 1.29 is 0 Å². The zero-order valence-electron chi connectivity index (χ0n) is 11.2. The first-order chi connectivity index (χ1) is 8.68. The lowest BCUT2D eigenvalue weighted by Crippen LogP contribution is -2.24. The Bertz CT molecular complexity index is 477. The maximum absolute atomic E-state index is 4.19. The Balaban J connectivity index is 2.05. The van der Waals surface area contributed by atoms with Crippen LogP contribution in [-0.4, -0.2) is 4.98 Å². The second kappa shape index (κ2) is 6.12. The summed E-state index contributed by atoms with van der Waals surface area (Å²) in [5.41, 5.74) is 2.57. The maximum atomic E-state index is 4.19. The summed E-state index contributed by atoms with van der Waals surface area (Å²) in [4.78, 5) is 5.60. The van der Waals surface area contributed by atoms with Gasteiger partial charge in [0.15, 0.2) is 0 Å². The highest BCUT2D eigenvalue weighted by molar-refractivity contribution is 7.10. The molecule has 0 aliphatic rings. The third-order valence-corrected chi connectivity index (χ3v) is 4.13. The zero-order chi connectivity index (χ0) is 13.0. The maximum Gasteiger partial charge on any atom is 0.0440 e. The Kier molecular flexibility index (Phi) is 4.50. The van der Waals surface area contributed by atoms with Crippen molar-refractivity contribution in [1.82, 2.24) is 10.3 Å². The van der Waals surface area contributed by atoms with Crippen LogP contribution in [0.25, 0.3) is 0 Å². The fraction of sp³-hybridized carbons (Fsp3) is 0.400. The fourth-order valence-electron chi connectivity index (χ4n) is 2.03. The van der Waals surface area contributed by atoms with E-state index in [4.69, 9.17) is 0 Å². The van der Waals surface area contributed by atoms with Gasteiger partial charge in [-0.1, -0.05) is 19.9 Å². The van der Waals surface area contributed by atoms with Gasteiger partial charge in [-0.2, -0.15) is 0 Å². The molecule has 96 valence electrons. The molecule has 1 atom stereocenters. The summed E-state index contributed by atoms with van der Waals surface area (Å²) in [7, 11) is 0. The van der Waals surface area contributed by atoms with Crippen LogP contribution >= 0.6 is 11.3 Å². The van der Waals surface area contributed by atoms with Gasteiger partial charge in [-0.25, -0.2) is 0 Å². The van der Waals surface area contributed by atoms with Crippen molar-refractivity contribution in [2.45, 2.75) is 33.4 Å². The molecule has 2 aromatic rings. The molecule has 0 fully saturated rings. The van der Waals surface area contributed by atoms with E-state index >= 15 is 0 Å². The van der Waals surface area contributed by atoms with Gasteiger partial charge in [0.2, 0.25) is 0 Å². The van der Waals surface area contributed by atoms with Gasteiger partial charge >= 0.3 is 0 Å². The third kappa shape index (κ3) is 3.18. The lowest BCUT2D eigenvalue weighted by molar-refractivity contribution is 0.416. The van der Waals surface area contributed by atoms with E-state index in [1.54, 1.807) is 0 Å². The van der Waals surface area contributed by atoms with E-state index < -0.39 is 0 Å². The Morgan fingerprint density at radius 2 is 2.17 bits per heavy atom. The molecule has 3 heteroatoms. The first kappa shape index (κ1) is 13.2. The Morgan fingerprint density at radius 3 is 2.78 bits per heavy atom. The van der Waals surface area contributed by atoms with E-state index in [1.165, 1.54) is 16.0 Å². The molecule has 2 rings (SSSR count). The van der Waals surface area contributed by atoms with Gasteiger partial charge in [-0.3, -0.25) is 4.98 Å².